The van der Waals surface area contributed by atoms with Crippen LogP contribution in [0, 0.1) is 20.8 Å². The molecule has 3 rings (SSSR count). The summed E-state index contributed by atoms with van der Waals surface area (Å²) in [5.41, 5.74) is 2.49. The van der Waals surface area contributed by atoms with Crippen molar-refractivity contribution >= 4 is 5.78 Å². The molecule has 0 bridgehead atoms. The largest absolute Gasteiger partial charge is 0.416 e. The average Bonchev–Trinajstić information content (AvgIpc) is 2.91. The molecule has 0 saturated carbocycles. The molecule has 0 unspecified atom stereocenters. The Kier molecular flexibility index (Phi) is 4.91. The molecule has 140 valence electrons. The molecule has 3 aromatic rings. The molecule has 2 heterocycles. The van der Waals surface area contributed by atoms with Crippen LogP contribution in [0.1, 0.15) is 33.0 Å². The Bertz CT molecular complexity index is 1000. The van der Waals surface area contributed by atoms with Crippen LogP contribution in [-0.2, 0) is 12.7 Å². The zero-order valence-electron chi connectivity index (χ0n) is 15.3. The Hall–Kier alpha value is -2.89. The van der Waals surface area contributed by atoms with E-state index in [0.717, 1.165) is 17.8 Å². The standard InChI is InChI=1S/C21H20F3N2O/c1-14-7-4-5-10-25(14)13-20(27)19-11-15(2)26(16(19)3)18-9-6-8-17(12-18)21(22,23)24/h4-12H,13H2,1-3H3/q+1. The summed E-state index contributed by atoms with van der Waals surface area (Å²) in [6.07, 6.45) is -2.58. The predicted octanol–water partition coefficient (Wildman–Crippen LogP) is 4.59. The summed E-state index contributed by atoms with van der Waals surface area (Å²) in [5, 5.41) is 0. The number of hydrogen-bond donors (Lipinski definition) is 0. The third-order valence-electron chi connectivity index (χ3n) is 4.64. The highest BCUT2D eigenvalue weighted by molar-refractivity contribution is 5.96. The van der Waals surface area contributed by atoms with Crippen LogP contribution in [0.3, 0.4) is 0 Å². The van der Waals surface area contributed by atoms with Crippen molar-refractivity contribution in [3.63, 3.8) is 0 Å². The lowest BCUT2D eigenvalue weighted by atomic mass is 10.1. The predicted molar refractivity (Wildman–Crippen MR) is 95.9 cm³/mol. The summed E-state index contributed by atoms with van der Waals surface area (Å²) in [6, 6.07) is 12.5. The fourth-order valence-corrected chi connectivity index (χ4v) is 3.24. The van der Waals surface area contributed by atoms with Gasteiger partial charge in [-0.2, -0.15) is 17.7 Å². The minimum atomic E-state index is -4.41. The quantitative estimate of drug-likeness (QED) is 0.485. The summed E-state index contributed by atoms with van der Waals surface area (Å²) in [7, 11) is 0. The maximum Gasteiger partial charge on any atom is 0.416 e. The van der Waals surface area contributed by atoms with E-state index in [1.807, 2.05) is 35.9 Å². The number of alkyl halides is 3. The van der Waals surface area contributed by atoms with Crippen LogP contribution in [0.2, 0.25) is 0 Å². The number of benzene rings is 1. The summed E-state index contributed by atoms with van der Waals surface area (Å²) in [5.74, 6) is -0.0828. The van der Waals surface area contributed by atoms with Gasteiger partial charge in [0.2, 0.25) is 12.3 Å². The molecule has 1 aromatic carbocycles. The van der Waals surface area contributed by atoms with Crippen molar-refractivity contribution in [3.8, 4) is 5.69 Å². The van der Waals surface area contributed by atoms with E-state index in [4.69, 9.17) is 0 Å². The van der Waals surface area contributed by atoms with E-state index in [1.165, 1.54) is 6.07 Å². The molecule has 6 heteroatoms. The number of pyridine rings is 1. The Morgan fingerprint density at radius 3 is 2.44 bits per heavy atom. The van der Waals surface area contributed by atoms with Gasteiger partial charge < -0.3 is 4.57 Å². The number of carbonyl (C=O) groups excluding carboxylic acids is 1. The smallest absolute Gasteiger partial charge is 0.318 e. The van der Waals surface area contributed by atoms with Gasteiger partial charge in [-0.3, -0.25) is 4.79 Å². The van der Waals surface area contributed by atoms with Gasteiger partial charge in [0.05, 0.1) is 5.56 Å². The van der Waals surface area contributed by atoms with Crippen LogP contribution in [0.15, 0.2) is 54.7 Å². The summed E-state index contributed by atoms with van der Waals surface area (Å²) >= 11 is 0. The lowest BCUT2D eigenvalue weighted by Crippen LogP contribution is -2.40. The lowest BCUT2D eigenvalue weighted by molar-refractivity contribution is -0.689. The second-order valence-electron chi connectivity index (χ2n) is 6.56. The van der Waals surface area contributed by atoms with Crippen LogP contribution in [-0.4, -0.2) is 10.4 Å². The topological polar surface area (TPSA) is 25.9 Å². The monoisotopic (exact) mass is 373 g/mol. The molecule has 2 aromatic heterocycles. The van der Waals surface area contributed by atoms with Gasteiger partial charge in [0.25, 0.3) is 0 Å². The summed E-state index contributed by atoms with van der Waals surface area (Å²) in [6.45, 7) is 5.63. The molecule has 0 aliphatic heterocycles. The third-order valence-corrected chi connectivity index (χ3v) is 4.64. The maximum atomic E-state index is 13.0. The number of nitrogens with zero attached hydrogens (tertiary/aromatic N) is 2. The van der Waals surface area contributed by atoms with Gasteiger partial charge in [0, 0.05) is 41.7 Å². The van der Waals surface area contributed by atoms with Gasteiger partial charge in [0.15, 0.2) is 11.9 Å². The highest BCUT2D eigenvalue weighted by Gasteiger charge is 2.31. The van der Waals surface area contributed by atoms with Crippen molar-refractivity contribution < 1.29 is 22.5 Å². The zero-order chi connectivity index (χ0) is 19.8. The number of Topliss-reactive ketones (excluding diaryl/α,β-unsaturated/α-hetero) is 1. The SMILES string of the molecule is Cc1cc(C(=O)C[n+]2ccccc2C)c(C)n1-c1cccc(C(F)(F)F)c1. The third kappa shape index (κ3) is 3.79. The van der Waals surface area contributed by atoms with Gasteiger partial charge in [-0.1, -0.05) is 12.1 Å². The van der Waals surface area contributed by atoms with Crippen molar-refractivity contribution in [1.29, 1.82) is 0 Å². The molecular weight excluding hydrogens is 353 g/mol. The minimum Gasteiger partial charge on any atom is -0.318 e. The van der Waals surface area contributed by atoms with Gasteiger partial charge >= 0.3 is 6.18 Å². The number of rotatable bonds is 4. The summed E-state index contributed by atoms with van der Waals surface area (Å²) in [4.78, 5) is 12.8. The fourth-order valence-electron chi connectivity index (χ4n) is 3.24. The van der Waals surface area contributed by atoms with E-state index < -0.39 is 11.7 Å². The van der Waals surface area contributed by atoms with Crippen LogP contribution in [0.4, 0.5) is 13.2 Å². The first-order valence-corrected chi connectivity index (χ1v) is 8.53. The average molecular weight is 373 g/mol. The van der Waals surface area contributed by atoms with Crippen LogP contribution < -0.4 is 4.57 Å². The molecule has 0 atom stereocenters. The molecule has 0 saturated heterocycles. The molecule has 0 amide bonds. The van der Waals surface area contributed by atoms with Gasteiger partial charge in [-0.05, 0) is 38.1 Å². The normalized spacial score (nSPS) is 11.6. The number of aromatic nitrogens is 2. The highest BCUT2D eigenvalue weighted by atomic mass is 19.4. The lowest BCUT2D eigenvalue weighted by Gasteiger charge is -2.13. The Labute approximate surface area is 155 Å². The number of halogens is 3. The first kappa shape index (κ1) is 18.9. The Balaban J connectivity index is 1.98. The van der Waals surface area contributed by atoms with Crippen molar-refractivity contribution in [2.75, 3.05) is 0 Å². The van der Waals surface area contributed by atoms with Gasteiger partial charge in [-0.15, -0.1) is 0 Å². The number of hydrogen-bond acceptors (Lipinski definition) is 1. The van der Waals surface area contributed by atoms with E-state index in [1.54, 1.807) is 30.5 Å². The van der Waals surface area contributed by atoms with Gasteiger partial charge in [-0.25, -0.2) is 0 Å². The second-order valence-corrected chi connectivity index (χ2v) is 6.56. The molecule has 0 radical (unpaired) electrons. The van der Waals surface area contributed by atoms with E-state index in [-0.39, 0.29) is 12.3 Å². The molecule has 0 aliphatic carbocycles. The highest BCUT2D eigenvalue weighted by Crippen LogP contribution is 2.31. The first-order chi connectivity index (χ1) is 12.7. The van der Waals surface area contributed by atoms with Crippen molar-refractivity contribution in [1.82, 2.24) is 4.57 Å². The van der Waals surface area contributed by atoms with Crippen molar-refractivity contribution in [2.24, 2.45) is 0 Å². The molecule has 3 nitrogen and oxygen atoms in total. The van der Waals surface area contributed by atoms with Crippen molar-refractivity contribution in [2.45, 2.75) is 33.5 Å². The Morgan fingerprint density at radius 2 is 1.78 bits per heavy atom. The van der Waals surface area contributed by atoms with E-state index in [9.17, 15) is 18.0 Å². The number of carbonyl (C=O) groups is 1. The van der Waals surface area contributed by atoms with Crippen molar-refractivity contribution in [3.05, 3.63) is 82.9 Å². The summed E-state index contributed by atoms with van der Waals surface area (Å²) < 4.78 is 42.6. The number of aryl methyl sites for hydroxylation is 2. The second kappa shape index (κ2) is 7.02. The van der Waals surface area contributed by atoms with E-state index >= 15 is 0 Å². The van der Waals surface area contributed by atoms with Crippen LogP contribution in [0.25, 0.3) is 5.69 Å². The van der Waals surface area contributed by atoms with Crippen LogP contribution in [0.5, 0.6) is 0 Å². The van der Waals surface area contributed by atoms with Gasteiger partial charge in [0.1, 0.15) is 0 Å². The number of ketones is 1. The molecule has 0 N–H and O–H groups in total. The minimum absolute atomic E-state index is 0.0828. The molecule has 27 heavy (non-hydrogen) atoms. The fraction of sp³-hybridized carbons (Fsp3) is 0.238. The molecule has 0 fully saturated rings. The van der Waals surface area contributed by atoms with E-state index in [2.05, 4.69) is 0 Å². The zero-order valence-corrected chi connectivity index (χ0v) is 15.3. The molecule has 0 spiro atoms. The maximum absolute atomic E-state index is 13.0. The first-order valence-electron chi connectivity index (χ1n) is 8.53. The van der Waals surface area contributed by atoms with E-state index in [0.29, 0.717) is 22.6 Å². The Morgan fingerprint density at radius 1 is 1.04 bits per heavy atom. The van der Waals surface area contributed by atoms with Crippen LogP contribution >= 0.6 is 0 Å². The molecular formula is C21H20F3N2O+. The molecule has 0 aliphatic rings.